The fourth-order valence-electron chi connectivity index (χ4n) is 1.67. The SMILES string of the molecule is N=C(N)c1ccc(S(=O)(=O)NNC(=O)c2ccc(O)cc2)cc1. The molecule has 0 heterocycles. The van der Waals surface area contributed by atoms with E-state index < -0.39 is 15.9 Å². The van der Waals surface area contributed by atoms with Crippen LogP contribution >= 0.6 is 0 Å². The number of nitrogens with one attached hydrogen (secondary N) is 3. The summed E-state index contributed by atoms with van der Waals surface area (Å²) >= 11 is 0. The Bertz CT molecular complexity index is 830. The van der Waals surface area contributed by atoms with Gasteiger partial charge in [0.05, 0.1) is 4.90 Å². The molecule has 0 aromatic heterocycles. The first kappa shape index (κ1) is 16.5. The van der Waals surface area contributed by atoms with Crippen LogP contribution in [0.15, 0.2) is 53.4 Å². The number of amides is 1. The van der Waals surface area contributed by atoms with E-state index in [-0.39, 0.29) is 22.0 Å². The fraction of sp³-hybridized carbons (Fsp3) is 0. The second kappa shape index (κ2) is 6.46. The minimum atomic E-state index is -3.96. The number of benzene rings is 2. The van der Waals surface area contributed by atoms with Crippen LogP contribution in [0, 0.1) is 5.41 Å². The van der Waals surface area contributed by atoms with Crippen molar-refractivity contribution in [2.24, 2.45) is 5.73 Å². The maximum absolute atomic E-state index is 12.1. The highest BCUT2D eigenvalue weighted by molar-refractivity contribution is 7.89. The first-order valence-corrected chi connectivity index (χ1v) is 7.83. The van der Waals surface area contributed by atoms with Crippen LogP contribution in [0.1, 0.15) is 15.9 Å². The Balaban J connectivity index is 2.07. The molecule has 0 saturated carbocycles. The molecule has 2 rings (SSSR count). The van der Waals surface area contributed by atoms with Gasteiger partial charge in [-0.15, -0.1) is 4.83 Å². The number of sulfonamides is 1. The normalized spacial score (nSPS) is 11.0. The summed E-state index contributed by atoms with van der Waals surface area (Å²) in [5.41, 5.74) is 7.92. The average molecular weight is 334 g/mol. The Hall–Kier alpha value is -2.91. The number of nitrogen functional groups attached to an aromatic ring is 1. The van der Waals surface area contributed by atoms with Gasteiger partial charge in [0.1, 0.15) is 11.6 Å². The maximum atomic E-state index is 12.1. The number of carbonyl (C=O) groups is 1. The monoisotopic (exact) mass is 334 g/mol. The summed E-state index contributed by atoms with van der Waals surface area (Å²) in [4.78, 5) is 13.7. The van der Waals surface area contributed by atoms with Gasteiger partial charge in [-0.25, -0.2) is 8.42 Å². The fourth-order valence-corrected chi connectivity index (χ4v) is 2.51. The van der Waals surface area contributed by atoms with Crippen LogP contribution in [0.4, 0.5) is 0 Å². The number of hydrogen-bond donors (Lipinski definition) is 5. The van der Waals surface area contributed by atoms with Crippen molar-refractivity contribution in [1.29, 1.82) is 5.41 Å². The topological polar surface area (TPSA) is 145 Å². The lowest BCUT2D eigenvalue weighted by Crippen LogP contribution is -2.41. The van der Waals surface area contributed by atoms with Gasteiger partial charge in [-0.05, 0) is 48.5 Å². The Kier molecular flexibility index (Phi) is 4.63. The summed E-state index contributed by atoms with van der Waals surface area (Å²) < 4.78 is 24.1. The van der Waals surface area contributed by atoms with Gasteiger partial charge in [0, 0.05) is 11.1 Å². The van der Waals surface area contributed by atoms with Crippen LogP contribution in [0.3, 0.4) is 0 Å². The molecule has 9 heteroatoms. The summed E-state index contributed by atoms with van der Waals surface area (Å²) in [5, 5.41) is 16.4. The highest BCUT2D eigenvalue weighted by atomic mass is 32.2. The third-order valence-electron chi connectivity index (χ3n) is 2.90. The lowest BCUT2D eigenvalue weighted by molar-refractivity contribution is 0.0945. The van der Waals surface area contributed by atoms with Gasteiger partial charge < -0.3 is 10.8 Å². The van der Waals surface area contributed by atoms with Crippen molar-refractivity contribution in [2.75, 3.05) is 0 Å². The molecule has 1 amide bonds. The number of amidine groups is 1. The minimum absolute atomic E-state index is 0.00677. The van der Waals surface area contributed by atoms with Gasteiger partial charge in [-0.3, -0.25) is 15.6 Å². The van der Waals surface area contributed by atoms with Crippen LogP contribution < -0.4 is 16.0 Å². The highest BCUT2D eigenvalue weighted by Crippen LogP contribution is 2.11. The zero-order valence-corrected chi connectivity index (χ0v) is 12.6. The van der Waals surface area contributed by atoms with Gasteiger partial charge in [0.15, 0.2) is 0 Å². The Labute approximate surface area is 132 Å². The van der Waals surface area contributed by atoms with Crippen LogP contribution in [-0.2, 0) is 10.0 Å². The standard InChI is InChI=1S/C14H14N4O4S/c15-13(16)9-3-7-12(8-4-9)23(21,22)18-17-14(20)10-1-5-11(19)6-2-10/h1-8,18-19H,(H3,15,16)(H,17,20). The van der Waals surface area contributed by atoms with Gasteiger partial charge in [0.2, 0.25) is 0 Å². The van der Waals surface area contributed by atoms with Crippen molar-refractivity contribution >= 4 is 21.8 Å². The molecule has 8 nitrogen and oxygen atoms in total. The summed E-state index contributed by atoms with van der Waals surface area (Å²) in [6.07, 6.45) is 0. The quantitative estimate of drug-likeness (QED) is 0.303. The largest absolute Gasteiger partial charge is 0.508 e. The Morgan fingerprint density at radius 3 is 2.04 bits per heavy atom. The predicted molar refractivity (Wildman–Crippen MR) is 83.4 cm³/mol. The maximum Gasteiger partial charge on any atom is 0.266 e. The first-order valence-electron chi connectivity index (χ1n) is 6.35. The number of rotatable bonds is 5. The molecule has 0 atom stereocenters. The summed E-state index contributed by atoms with van der Waals surface area (Å²) in [6.45, 7) is 0. The molecule has 0 aliphatic heterocycles. The molecule has 0 unspecified atom stereocenters. The Morgan fingerprint density at radius 2 is 1.52 bits per heavy atom. The molecule has 6 N–H and O–H groups in total. The zero-order chi connectivity index (χ0) is 17.0. The number of hydrazine groups is 1. The molecule has 0 bridgehead atoms. The lowest BCUT2D eigenvalue weighted by Gasteiger charge is -2.09. The van der Waals surface area contributed by atoms with Crippen molar-refractivity contribution in [3.63, 3.8) is 0 Å². The molecule has 120 valence electrons. The van der Waals surface area contributed by atoms with Crippen molar-refractivity contribution in [2.45, 2.75) is 4.90 Å². The van der Waals surface area contributed by atoms with E-state index in [9.17, 15) is 13.2 Å². The first-order chi connectivity index (χ1) is 10.8. The van der Waals surface area contributed by atoms with Crippen LogP contribution in [-0.4, -0.2) is 25.3 Å². The number of aromatic hydroxyl groups is 1. The molecule has 0 radical (unpaired) electrons. The van der Waals surface area contributed by atoms with Crippen molar-refractivity contribution in [1.82, 2.24) is 10.3 Å². The molecule has 2 aromatic rings. The molecule has 0 aliphatic carbocycles. The van der Waals surface area contributed by atoms with E-state index in [1.807, 2.05) is 4.83 Å². The van der Waals surface area contributed by atoms with Gasteiger partial charge >= 0.3 is 0 Å². The van der Waals surface area contributed by atoms with E-state index in [1.54, 1.807) is 0 Å². The van der Waals surface area contributed by atoms with E-state index in [1.165, 1.54) is 48.5 Å². The summed E-state index contributed by atoms with van der Waals surface area (Å²) in [6, 6.07) is 10.6. The second-order valence-corrected chi connectivity index (χ2v) is 6.23. The number of phenolic OH excluding ortho intramolecular Hbond substituents is 1. The van der Waals surface area contributed by atoms with Gasteiger partial charge in [-0.1, -0.05) is 0 Å². The minimum Gasteiger partial charge on any atom is -0.508 e. The number of nitrogens with two attached hydrogens (primary N) is 1. The molecule has 0 fully saturated rings. The zero-order valence-electron chi connectivity index (χ0n) is 11.8. The average Bonchev–Trinajstić information content (AvgIpc) is 2.53. The van der Waals surface area contributed by atoms with E-state index >= 15 is 0 Å². The molecule has 23 heavy (non-hydrogen) atoms. The number of carbonyl (C=O) groups excluding carboxylic acids is 1. The predicted octanol–water partition coefficient (Wildman–Crippen LogP) is 0.300. The molecule has 0 saturated heterocycles. The molecular formula is C14H14N4O4S. The molecular weight excluding hydrogens is 320 g/mol. The number of hydrogen-bond acceptors (Lipinski definition) is 5. The van der Waals surface area contributed by atoms with Crippen molar-refractivity contribution in [3.8, 4) is 5.75 Å². The molecule has 0 aliphatic rings. The van der Waals surface area contributed by atoms with E-state index in [2.05, 4.69) is 5.43 Å². The van der Waals surface area contributed by atoms with Gasteiger partial charge in [0.25, 0.3) is 15.9 Å². The summed E-state index contributed by atoms with van der Waals surface area (Å²) in [7, 11) is -3.96. The summed E-state index contributed by atoms with van der Waals surface area (Å²) in [5.74, 6) is -0.857. The van der Waals surface area contributed by atoms with Crippen LogP contribution in [0.25, 0.3) is 0 Å². The van der Waals surface area contributed by atoms with Gasteiger partial charge in [-0.2, -0.15) is 0 Å². The third kappa shape index (κ3) is 4.05. The van der Waals surface area contributed by atoms with Crippen LogP contribution in [0.5, 0.6) is 5.75 Å². The Morgan fingerprint density at radius 1 is 1.00 bits per heavy atom. The third-order valence-corrected chi connectivity index (χ3v) is 4.17. The number of phenols is 1. The smallest absolute Gasteiger partial charge is 0.266 e. The lowest BCUT2D eigenvalue weighted by atomic mass is 10.2. The van der Waals surface area contributed by atoms with E-state index in [0.29, 0.717) is 5.56 Å². The van der Waals surface area contributed by atoms with E-state index in [4.69, 9.17) is 16.2 Å². The molecule has 2 aromatic carbocycles. The van der Waals surface area contributed by atoms with Crippen molar-refractivity contribution in [3.05, 3.63) is 59.7 Å². The molecule has 0 spiro atoms. The van der Waals surface area contributed by atoms with Crippen LogP contribution in [0.2, 0.25) is 0 Å². The van der Waals surface area contributed by atoms with Crippen molar-refractivity contribution < 1.29 is 18.3 Å². The van der Waals surface area contributed by atoms with E-state index in [0.717, 1.165) is 0 Å². The second-order valence-electron chi connectivity index (χ2n) is 4.54. The highest BCUT2D eigenvalue weighted by Gasteiger charge is 2.16.